The zero-order valence-corrected chi connectivity index (χ0v) is 22.4. The van der Waals surface area contributed by atoms with E-state index < -0.39 is 15.4 Å². The van der Waals surface area contributed by atoms with E-state index in [1.165, 1.54) is 11.8 Å². The molecule has 1 aliphatic rings. The van der Waals surface area contributed by atoms with E-state index in [-0.39, 0.29) is 0 Å². The number of aromatic nitrogens is 1. The second kappa shape index (κ2) is 10.7. The van der Waals surface area contributed by atoms with Gasteiger partial charge in [0.15, 0.2) is 0 Å². The molecule has 1 atom stereocenters. The average Bonchev–Trinajstić information content (AvgIpc) is 2.85. The molecule has 4 rings (SSSR count). The monoisotopic (exact) mass is 525 g/mol. The van der Waals surface area contributed by atoms with E-state index >= 15 is 0 Å². The fraction of sp³-hybridized carbons (Fsp3) is 0.357. The van der Waals surface area contributed by atoms with E-state index in [4.69, 9.17) is 11.6 Å². The van der Waals surface area contributed by atoms with Gasteiger partial charge in [0, 0.05) is 42.6 Å². The summed E-state index contributed by atoms with van der Waals surface area (Å²) in [5, 5.41) is 13.5. The maximum Gasteiger partial charge on any atom is 0.211 e. The van der Waals surface area contributed by atoms with Crippen molar-refractivity contribution >= 4 is 27.8 Å². The van der Waals surface area contributed by atoms with E-state index in [0.29, 0.717) is 30.5 Å². The van der Waals surface area contributed by atoms with Crippen LogP contribution >= 0.6 is 11.6 Å². The van der Waals surface area contributed by atoms with E-state index in [9.17, 15) is 13.6 Å². The molecule has 2 aromatic carbocycles. The topological polar surface area (TPSA) is 82.9 Å². The molecular formula is C28H32ClN3O3S. The molecule has 3 aromatic rings. The molecule has 0 spiro atoms. The Hall–Kier alpha value is -2.74. The van der Waals surface area contributed by atoms with Gasteiger partial charge in [-0.2, -0.15) is 0 Å². The van der Waals surface area contributed by atoms with E-state index in [1.807, 2.05) is 44.3 Å². The summed E-state index contributed by atoms with van der Waals surface area (Å²) in [6.45, 7) is 5.10. The molecule has 6 nitrogen and oxygen atoms in total. The fourth-order valence-corrected chi connectivity index (χ4v) is 6.58. The van der Waals surface area contributed by atoms with Crippen LogP contribution in [0.1, 0.15) is 58.7 Å². The first kappa shape index (κ1) is 26.3. The second-order valence-electron chi connectivity index (χ2n) is 9.61. The Morgan fingerprint density at radius 3 is 2.36 bits per heavy atom. The van der Waals surface area contributed by atoms with Gasteiger partial charge < -0.3 is 5.21 Å². The van der Waals surface area contributed by atoms with Crippen LogP contribution in [0, 0.1) is 13.8 Å². The Labute approximate surface area is 218 Å². The normalized spacial score (nSPS) is 17.3. The predicted molar refractivity (Wildman–Crippen MR) is 145 cm³/mol. The second-order valence-corrected chi connectivity index (χ2v) is 12.0. The van der Waals surface area contributed by atoms with Crippen LogP contribution in [-0.4, -0.2) is 48.5 Å². The highest BCUT2D eigenvalue weighted by molar-refractivity contribution is 7.88. The third-order valence-electron chi connectivity index (χ3n) is 7.31. The maximum atomic E-state index is 11.9. The number of rotatable bonds is 7. The predicted octanol–water partition coefficient (Wildman–Crippen LogP) is 5.68. The Kier molecular flexibility index (Phi) is 7.83. The molecule has 0 bridgehead atoms. The maximum absolute atomic E-state index is 11.9. The molecule has 1 aliphatic heterocycles. The third-order valence-corrected chi connectivity index (χ3v) is 8.85. The fourth-order valence-electron chi connectivity index (χ4n) is 5.48. The van der Waals surface area contributed by atoms with E-state index in [0.717, 1.165) is 40.8 Å². The van der Waals surface area contributed by atoms with Gasteiger partial charge >= 0.3 is 0 Å². The summed E-state index contributed by atoms with van der Waals surface area (Å²) in [4.78, 5) is 4.41. The molecule has 36 heavy (non-hydrogen) atoms. The summed E-state index contributed by atoms with van der Waals surface area (Å²) in [6.07, 6.45) is 6.67. The standard InChI is InChI=1S/C28H32ClN3O3S/c1-20-18-26(29)8-9-27(20)28(13-15-31-33,25-10-14-30-21(2)19-25)24-6-4-22(5-7-24)23-11-16-32(17-12-23)36(3,34)35/h4-10,14-15,18-19,23,33H,11-13,16-17H2,1-3H3/b31-15+/t28-/m1/s1. The van der Waals surface area contributed by atoms with Crippen molar-refractivity contribution in [2.24, 2.45) is 5.16 Å². The minimum Gasteiger partial charge on any atom is -0.411 e. The van der Waals surface area contributed by atoms with Gasteiger partial charge in [-0.25, -0.2) is 12.7 Å². The summed E-state index contributed by atoms with van der Waals surface area (Å²) in [7, 11) is -3.15. The Morgan fingerprint density at radius 2 is 1.78 bits per heavy atom. The first-order valence-electron chi connectivity index (χ1n) is 12.1. The van der Waals surface area contributed by atoms with Crippen LogP contribution < -0.4 is 0 Å². The molecule has 1 fully saturated rings. The number of hydrogen-bond donors (Lipinski definition) is 1. The Balaban J connectivity index is 1.80. The number of hydrogen-bond acceptors (Lipinski definition) is 5. The lowest BCUT2D eigenvalue weighted by Crippen LogP contribution is -2.37. The first-order valence-corrected chi connectivity index (χ1v) is 14.3. The van der Waals surface area contributed by atoms with Crippen LogP contribution in [-0.2, 0) is 15.4 Å². The van der Waals surface area contributed by atoms with Crippen molar-refractivity contribution in [1.82, 2.24) is 9.29 Å². The summed E-state index contributed by atoms with van der Waals surface area (Å²) in [6, 6.07) is 18.6. The molecule has 1 saturated heterocycles. The zero-order chi connectivity index (χ0) is 25.9. The molecule has 0 aliphatic carbocycles. The average molecular weight is 526 g/mol. The first-order chi connectivity index (χ1) is 17.1. The van der Waals surface area contributed by atoms with Gasteiger partial charge in [-0.15, -0.1) is 5.16 Å². The summed E-state index contributed by atoms with van der Waals surface area (Å²) in [5.74, 6) is 0.311. The Bertz CT molecular complexity index is 1350. The van der Waals surface area contributed by atoms with Crippen molar-refractivity contribution in [3.8, 4) is 0 Å². The van der Waals surface area contributed by atoms with Crippen molar-refractivity contribution in [2.45, 2.75) is 44.4 Å². The molecule has 1 N–H and O–H groups in total. The van der Waals surface area contributed by atoms with Gasteiger partial charge in [0.1, 0.15) is 0 Å². The highest BCUT2D eigenvalue weighted by atomic mass is 35.5. The van der Waals surface area contributed by atoms with Crippen LogP contribution in [0.15, 0.2) is 65.9 Å². The van der Waals surface area contributed by atoms with Gasteiger partial charge in [-0.1, -0.05) is 41.9 Å². The molecule has 0 radical (unpaired) electrons. The summed E-state index contributed by atoms with van der Waals surface area (Å²) < 4.78 is 25.4. The van der Waals surface area contributed by atoms with E-state index in [1.54, 1.807) is 10.5 Å². The van der Waals surface area contributed by atoms with Crippen LogP contribution in [0.2, 0.25) is 5.02 Å². The van der Waals surface area contributed by atoms with Crippen molar-refractivity contribution in [2.75, 3.05) is 19.3 Å². The minimum absolute atomic E-state index is 0.311. The number of benzene rings is 2. The lowest BCUT2D eigenvalue weighted by molar-refractivity contribution is 0.319. The molecule has 2 heterocycles. The highest BCUT2D eigenvalue weighted by Crippen LogP contribution is 2.44. The number of nitrogens with zero attached hydrogens (tertiary/aromatic N) is 3. The van der Waals surface area contributed by atoms with Crippen molar-refractivity contribution in [1.29, 1.82) is 0 Å². The molecule has 1 aromatic heterocycles. The SMILES string of the molecule is Cc1cc([C@@](C/C=N/O)(c2ccc(C3CCN(S(C)(=O)=O)CC3)cc2)c2ccc(Cl)cc2C)ccn1. The number of pyridine rings is 1. The minimum atomic E-state index is -3.15. The van der Waals surface area contributed by atoms with Crippen molar-refractivity contribution in [3.63, 3.8) is 0 Å². The molecular weight excluding hydrogens is 494 g/mol. The lowest BCUT2D eigenvalue weighted by atomic mass is 9.66. The largest absolute Gasteiger partial charge is 0.411 e. The van der Waals surface area contributed by atoms with Gasteiger partial charge in [0.2, 0.25) is 10.0 Å². The van der Waals surface area contributed by atoms with Gasteiger partial charge in [-0.05, 0) is 84.7 Å². The van der Waals surface area contributed by atoms with Gasteiger partial charge in [-0.3, -0.25) is 4.98 Å². The summed E-state index contributed by atoms with van der Waals surface area (Å²) >= 11 is 6.32. The van der Waals surface area contributed by atoms with Gasteiger partial charge in [0.25, 0.3) is 0 Å². The van der Waals surface area contributed by atoms with Crippen LogP contribution in [0.5, 0.6) is 0 Å². The van der Waals surface area contributed by atoms with E-state index in [2.05, 4.69) is 40.5 Å². The third kappa shape index (κ3) is 5.33. The molecule has 8 heteroatoms. The number of sulfonamides is 1. The zero-order valence-electron chi connectivity index (χ0n) is 20.9. The molecule has 0 amide bonds. The number of aryl methyl sites for hydroxylation is 2. The number of halogens is 1. The molecule has 0 saturated carbocycles. The summed E-state index contributed by atoms with van der Waals surface area (Å²) in [5.41, 5.74) is 5.72. The lowest BCUT2D eigenvalue weighted by Gasteiger charge is -2.37. The molecule has 190 valence electrons. The Morgan fingerprint density at radius 1 is 1.08 bits per heavy atom. The van der Waals surface area contributed by atoms with Crippen LogP contribution in [0.3, 0.4) is 0 Å². The quantitative estimate of drug-likeness (QED) is 0.244. The number of piperidine rings is 1. The van der Waals surface area contributed by atoms with Gasteiger partial charge in [0.05, 0.1) is 11.7 Å². The van der Waals surface area contributed by atoms with Crippen molar-refractivity contribution in [3.05, 3.63) is 99.3 Å². The van der Waals surface area contributed by atoms with Crippen LogP contribution in [0.25, 0.3) is 0 Å². The molecule has 0 unspecified atom stereocenters. The van der Waals surface area contributed by atoms with Crippen LogP contribution in [0.4, 0.5) is 0 Å². The smallest absolute Gasteiger partial charge is 0.211 e. The number of oxime groups is 1. The van der Waals surface area contributed by atoms with Crippen molar-refractivity contribution < 1.29 is 13.6 Å². The highest BCUT2D eigenvalue weighted by Gasteiger charge is 2.37.